The molecule has 2 N–H and O–H groups in total. The molecule has 1 atom stereocenters. The minimum atomic E-state index is 0.00265. The SMILES string of the molecule is COc1ccc(NC(=O)CC2CCCN2)c(OC)c1. The van der Waals surface area contributed by atoms with Crippen LogP contribution in [0.3, 0.4) is 0 Å². The summed E-state index contributed by atoms with van der Waals surface area (Å²) in [4.78, 5) is 12.0. The molecule has 1 amide bonds. The summed E-state index contributed by atoms with van der Waals surface area (Å²) in [5, 5.41) is 6.19. The molecule has 1 heterocycles. The van der Waals surface area contributed by atoms with Gasteiger partial charge in [-0.05, 0) is 31.5 Å². The van der Waals surface area contributed by atoms with Crippen molar-refractivity contribution in [2.45, 2.75) is 25.3 Å². The lowest BCUT2D eigenvalue weighted by Gasteiger charge is -2.13. The van der Waals surface area contributed by atoms with Crippen molar-refractivity contribution in [2.75, 3.05) is 26.1 Å². The van der Waals surface area contributed by atoms with E-state index in [1.165, 1.54) is 0 Å². The molecule has 1 aromatic carbocycles. The Hall–Kier alpha value is -1.75. The van der Waals surface area contributed by atoms with E-state index in [0.717, 1.165) is 19.4 Å². The number of carbonyl (C=O) groups excluding carboxylic acids is 1. The van der Waals surface area contributed by atoms with Gasteiger partial charge in [-0.2, -0.15) is 0 Å². The van der Waals surface area contributed by atoms with Crippen molar-refractivity contribution >= 4 is 11.6 Å². The average Bonchev–Trinajstić information content (AvgIpc) is 2.91. The first kappa shape index (κ1) is 13.7. The molecule has 1 aliphatic heterocycles. The maximum Gasteiger partial charge on any atom is 0.226 e. The predicted octanol–water partition coefficient (Wildman–Crippen LogP) is 1.78. The molecular formula is C14H20N2O3. The predicted molar refractivity (Wildman–Crippen MR) is 73.8 cm³/mol. The Kier molecular flexibility index (Phi) is 4.63. The van der Waals surface area contributed by atoms with Crippen LogP contribution in [0.1, 0.15) is 19.3 Å². The van der Waals surface area contributed by atoms with E-state index in [2.05, 4.69) is 10.6 Å². The van der Waals surface area contributed by atoms with E-state index in [0.29, 0.717) is 29.6 Å². The van der Waals surface area contributed by atoms with Crippen LogP contribution in [0.15, 0.2) is 18.2 Å². The lowest BCUT2D eigenvalue weighted by atomic mass is 10.1. The van der Waals surface area contributed by atoms with Crippen molar-refractivity contribution in [1.82, 2.24) is 5.32 Å². The molecular weight excluding hydrogens is 244 g/mol. The van der Waals surface area contributed by atoms with Crippen LogP contribution in [0.2, 0.25) is 0 Å². The number of amides is 1. The number of hydrogen-bond donors (Lipinski definition) is 2. The lowest BCUT2D eigenvalue weighted by Crippen LogP contribution is -2.27. The highest BCUT2D eigenvalue weighted by atomic mass is 16.5. The standard InChI is InChI=1S/C14H20N2O3/c1-18-11-5-6-12(13(9-11)19-2)16-14(17)8-10-4-3-7-15-10/h5-6,9-10,15H,3-4,7-8H2,1-2H3,(H,16,17). The number of methoxy groups -OCH3 is 2. The van der Waals surface area contributed by atoms with Gasteiger partial charge in [0, 0.05) is 18.5 Å². The smallest absolute Gasteiger partial charge is 0.226 e. The highest BCUT2D eigenvalue weighted by molar-refractivity contribution is 5.92. The normalized spacial score (nSPS) is 18.1. The van der Waals surface area contributed by atoms with Crippen molar-refractivity contribution in [3.8, 4) is 11.5 Å². The zero-order chi connectivity index (χ0) is 13.7. The van der Waals surface area contributed by atoms with E-state index in [4.69, 9.17) is 9.47 Å². The van der Waals surface area contributed by atoms with Crippen molar-refractivity contribution in [2.24, 2.45) is 0 Å². The third-order valence-electron chi connectivity index (χ3n) is 3.28. The van der Waals surface area contributed by atoms with E-state index < -0.39 is 0 Å². The summed E-state index contributed by atoms with van der Waals surface area (Å²) >= 11 is 0. The fourth-order valence-electron chi connectivity index (χ4n) is 2.26. The molecule has 104 valence electrons. The molecule has 0 radical (unpaired) electrons. The van der Waals surface area contributed by atoms with Gasteiger partial charge in [-0.25, -0.2) is 0 Å². The second-order valence-electron chi connectivity index (χ2n) is 4.61. The van der Waals surface area contributed by atoms with E-state index >= 15 is 0 Å². The molecule has 5 heteroatoms. The third-order valence-corrected chi connectivity index (χ3v) is 3.28. The van der Waals surface area contributed by atoms with Gasteiger partial charge in [0.2, 0.25) is 5.91 Å². The molecule has 1 saturated heterocycles. The second-order valence-corrected chi connectivity index (χ2v) is 4.61. The van der Waals surface area contributed by atoms with E-state index in [-0.39, 0.29) is 5.91 Å². The first-order valence-corrected chi connectivity index (χ1v) is 6.48. The van der Waals surface area contributed by atoms with Gasteiger partial charge in [-0.15, -0.1) is 0 Å². The number of rotatable bonds is 5. The quantitative estimate of drug-likeness (QED) is 0.851. The Balaban J connectivity index is 1.99. The Morgan fingerprint density at radius 3 is 2.89 bits per heavy atom. The number of nitrogens with one attached hydrogen (secondary N) is 2. The van der Waals surface area contributed by atoms with Gasteiger partial charge < -0.3 is 20.1 Å². The molecule has 1 fully saturated rings. The summed E-state index contributed by atoms with van der Waals surface area (Å²) in [7, 11) is 3.17. The minimum Gasteiger partial charge on any atom is -0.497 e. The topological polar surface area (TPSA) is 59.6 Å². The summed E-state index contributed by atoms with van der Waals surface area (Å²) in [6, 6.07) is 5.64. The number of anilines is 1. The van der Waals surface area contributed by atoms with E-state index in [1.54, 1.807) is 32.4 Å². The minimum absolute atomic E-state index is 0.00265. The van der Waals surface area contributed by atoms with Crippen LogP contribution in [0.25, 0.3) is 0 Å². The summed E-state index contributed by atoms with van der Waals surface area (Å²) < 4.78 is 10.4. The van der Waals surface area contributed by atoms with E-state index in [1.807, 2.05) is 0 Å². The van der Waals surface area contributed by atoms with Crippen LogP contribution < -0.4 is 20.1 Å². The summed E-state index contributed by atoms with van der Waals surface area (Å²) in [6.07, 6.45) is 2.70. The molecule has 0 aromatic heterocycles. The van der Waals surface area contributed by atoms with Gasteiger partial charge >= 0.3 is 0 Å². The van der Waals surface area contributed by atoms with Gasteiger partial charge in [-0.1, -0.05) is 0 Å². The highest BCUT2D eigenvalue weighted by Crippen LogP contribution is 2.29. The summed E-state index contributed by atoms with van der Waals surface area (Å²) in [6.45, 7) is 1.00. The van der Waals surface area contributed by atoms with Gasteiger partial charge in [-0.3, -0.25) is 4.79 Å². The first-order chi connectivity index (χ1) is 9.22. The molecule has 19 heavy (non-hydrogen) atoms. The maximum atomic E-state index is 12.0. The molecule has 0 bridgehead atoms. The van der Waals surface area contributed by atoms with Gasteiger partial charge in [0.15, 0.2) is 0 Å². The number of ether oxygens (including phenoxy) is 2. The maximum absolute atomic E-state index is 12.0. The number of benzene rings is 1. The van der Waals surface area contributed by atoms with Crippen LogP contribution >= 0.6 is 0 Å². The molecule has 1 aromatic rings. The molecule has 0 saturated carbocycles. The average molecular weight is 264 g/mol. The Morgan fingerprint density at radius 2 is 2.26 bits per heavy atom. The molecule has 5 nitrogen and oxygen atoms in total. The Bertz CT molecular complexity index is 442. The molecule has 0 aliphatic carbocycles. The highest BCUT2D eigenvalue weighted by Gasteiger charge is 2.18. The van der Waals surface area contributed by atoms with Crippen LogP contribution in [-0.4, -0.2) is 32.7 Å². The zero-order valence-electron chi connectivity index (χ0n) is 11.4. The zero-order valence-corrected chi connectivity index (χ0v) is 11.4. The van der Waals surface area contributed by atoms with Crippen LogP contribution in [-0.2, 0) is 4.79 Å². The van der Waals surface area contributed by atoms with Gasteiger partial charge in [0.25, 0.3) is 0 Å². The summed E-state index contributed by atoms with van der Waals surface area (Å²) in [5.74, 6) is 1.31. The van der Waals surface area contributed by atoms with Crippen molar-refractivity contribution in [3.63, 3.8) is 0 Å². The Labute approximate surface area is 113 Å². The van der Waals surface area contributed by atoms with Crippen molar-refractivity contribution in [3.05, 3.63) is 18.2 Å². The fourth-order valence-corrected chi connectivity index (χ4v) is 2.26. The lowest BCUT2D eigenvalue weighted by molar-refractivity contribution is -0.116. The largest absolute Gasteiger partial charge is 0.497 e. The van der Waals surface area contributed by atoms with E-state index in [9.17, 15) is 4.79 Å². The fraction of sp³-hybridized carbons (Fsp3) is 0.500. The monoisotopic (exact) mass is 264 g/mol. The first-order valence-electron chi connectivity index (χ1n) is 6.48. The van der Waals surface area contributed by atoms with Crippen molar-refractivity contribution in [1.29, 1.82) is 0 Å². The van der Waals surface area contributed by atoms with Crippen LogP contribution in [0.4, 0.5) is 5.69 Å². The van der Waals surface area contributed by atoms with Crippen LogP contribution in [0.5, 0.6) is 11.5 Å². The molecule has 1 aliphatic rings. The number of hydrogen-bond acceptors (Lipinski definition) is 4. The molecule has 2 rings (SSSR count). The third kappa shape index (κ3) is 3.61. The number of carbonyl (C=O) groups is 1. The second kappa shape index (κ2) is 6.43. The van der Waals surface area contributed by atoms with Gasteiger partial charge in [0.1, 0.15) is 11.5 Å². The summed E-state index contributed by atoms with van der Waals surface area (Å²) in [5.41, 5.74) is 0.672. The molecule has 1 unspecified atom stereocenters. The van der Waals surface area contributed by atoms with Crippen LogP contribution in [0, 0.1) is 0 Å². The Morgan fingerprint density at radius 1 is 1.42 bits per heavy atom. The van der Waals surface area contributed by atoms with Crippen molar-refractivity contribution < 1.29 is 14.3 Å². The van der Waals surface area contributed by atoms with Gasteiger partial charge in [0.05, 0.1) is 19.9 Å². The molecule has 0 spiro atoms.